The molecule has 6 heteroatoms. The average molecular weight is 132 g/mol. The molecule has 0 saturated carbocycles. The van der Waals surface area contributed by atoms with Crippen LogP contribution >= 0.6 is 0 Å². The number of isocyanates is 2. The van der Waals surface area contributed by atoms with Gasteiger partial charge in [0, 0.05) is 6.67 Å². The quantitative estimate of drug-likeness (QED) is 0.184. The first-order valence-electron chi connectivity index (χ1n) is 1.72. The van der Waals surface area contributed by atoms with Gasteiger partial charge in [0.15, 0.2) is 0 Å². The van der Waals surface area contributed by atoms with Gasteiger partial charge in [0.1, 0.15) is 0 Å². The summed E-state index contributed by atoms with van der Waals surface area (Å²) in [7, 11) is 0. The Morgan fingerprint density at radius 2 is 1.11 bits per heavy atom. The molecule has 0 atom stereocenters. The van der Waals surface area contributed by atoms with Crippen LogP contribution in [0.5, 0.6) is 0 Å². The lowest BCUT2D eigenvalue weighted by Crippen LogP contribution is -2.08. The predicted molar refractivity (Wildman–Crippen MR) is 30.1 cm³/mol. The highest BCUT2D eigenvalue weighted by molar-refractivity contribution is 5.26. The highest BCUT2D eigenvalue weighted by atomic mass is 16.1. The second-order valence-corrected chi connectivity index (χ2v) is 0.440. The Hall–Kier alpha value is -1.32. The summed E-state index contributed by atoms with van der Waals surface area (Å²) in [6, 6.07) is 0. The van der Waals surface area contributed by atoms with E-state index >= 15 is 0 Å². The van der Waals surface area contributed by atoms with Gasteiger partial charge in [-0.25, -0.2) is 20.4 Å². The number of hydrogen-bond donors (Lipinski definition) is 4. The smallest absolute Gasteiger partial charge is 0.231 e. The van der Waals surface area contributed by atoms with E-state index in [0.717, 1.165) is 12.2 Å². The zero-order chi connectivity index (χ0) is 8.12. The van der Waals surface area contributed by atoms with Gasteiger partial charge in [-0.2, -0.15) is 0 Å². The highest BCUT2D eigenvalue weighted by Gasteiger charge is 1.29. The molecule has 0 bridgehead atoms. The van der Waals surface area contributed by atoms with E-state index in [2.05, 4.69) is 11.5 Å². The van der Waals surface area contributed by atoms with E-state index in [1.54, 1.807) is 0 Å². The Morgan fingerprint density at radius 3 is 1.11 bits per heavy atom. The Kier molecular flexibility index (Phi) is 133. The minimum Gasteiger partial charge on any atom is -0.319 e. The summed E-state index contributed by atoms with van der Waals surface area (Å²) in [5.41, 5.74) is 9.25. The fourth-order valence-corrected chi connectivity index (χ4v) is 0. The van der Waals surface area contributed by atoms with Gasteiger partial charge < -0.3 is 11.5 Å². The monoisotopic (exact) mass is 132 g/mol. The lowest BCUT2D eigenvalue weighted by Gasteiger charge is -1.56. The van der Waals surface area contributed by atoms with Gasteiger partial charge in [-0.15, -0.1) is 0 Å². The van der Waals surface area contributed by atoms with Crippen molar-refractivity contribution < 1.29 is 9.59 Å². The van der Waals surface area contributed by atoms with Gasteiger partial charge in [-0.1, -0.05) is 0 Å². The summed E-state index contributed by atoms with van der Waals surface area (Å²) in [5, 5.41) is 10.8. The van der Waals surface area contributed by atoms with Crippen molar-refractivity contribution in [1.29, 1.82) is 10.8 Å². The molecule has 0 amide bonds. The van der Waals surface area contributed by atoms with E-state index in [9.17, 15) is 0 Å². The van der Waals surface area contributed by atoms with Crippen LogP contribution in [0.15, 0.2) is 0 Å². The van der Waals surface area contributed by atoms with Crippen LogP contribution in [0.25, 0.3) is 0 Å². The summed E-state index contributed by atoms with van der Waals surface area (Å²) in [6.07, 6.45) is 1.50. The van der Waals surface area contributed by atoms with Crippen molar-refractivity contribution in [3.05, 3.63) is 0 Å². The largest absolute Gasteiger partial charge is 0.319 e. The standard InChI is InChI=1S/CH6N2.2CHNO/c3*2-1-3/h1-3H2;2*2H. The first kappa shape index (κ1) is 15.6. The molecule has 0 radical (unpaired) electrons. The molecule has 0 aromatic carbocycles. The van der Waals surface area contributed by atoms with Crippen molar-refractivity contribution in [1.82, 2.24) is 0 Å². The topological polar surface area (TPSA) is 134 Å². The Balaban J connectivity index is -0.0000000600. The average Bonchev–Trinajstić information content (AvgIpc) is 1.70. The second kappa shape index (κ2) is 76.4. The van der Waals surface area contributed by atoms with Crippen LogP contribution in [0.4, 0.5) is 0 Å². The Morgan fingerprint density at radius 1 is 1.11 bits per heavy atom. The zero-order valence-corrected chi connectivity index (χ0v) is 4.68. The van der Waals surface area contributed by atoms with Gasteiger partial charge in [0.25, 0.3) is 0 Å². The summed E-state index contributed by atoms with van der Waals surface area (Å²) in [5.74, 6) is 0. The maximum Gasteiger partial charge on any atom is 0.231 e. The third kappa shape index (κ3) is 84.0. The maximum absolute atomic E-state index is 8.35. The number of nitrogens with two attached hydrogens (primary N) is 2. The van der Waals surface area contributed by atoms with Crippen LogP contribution in [0, 0.1) is 10.8 Å². The van der Waals surface area contributed by atoms with Gasteiger partial charge in [0.2, 0.25) is 12.2 Å². The Labute approximate surface area is 51.9 Å². The van der Waals surface area contributed by atoms with E-state index in [1.165, 1.54) is 0 Å². The molecule has 52 valence electrons. The van der Waals surface area contributed by atoms with Crippen molar-refractivity contribution in [2.24, 2.45) is 11.5 Å². The molecular weight excluding hydrogens is 124 g/mol. The molecule has 0 aliphatic heterocycles. The van der Waals surface area contributed by atoms with E-state index in [-0.39, 0.29) is 6.67 Å². The SMILES string of the molecule is N=C=O.N=C=O.NCN. The van der Waals surface area contributed by atoms with Crippen LogP contribution < -0.4 is 11.5 Å². The minimum atomic E-state index is 0.250. The van der Waals surface area contributed by atoms with Crippen molar-refractivity contribution >= 4 is 12.2 Å². The molecule has 0 unspecified atom stereocenters. The van der Waals surface area contributed by atoms with Crippen LogP contribution in [0.2, 0.25) is 0 Å². The van der Waals surface area contributed by atoms with E-state index < -0.39 is 0 Å². The van der Waals surface area contributed by atoms with Crippen molar-refractivity contribution in [3.63, 3.8) is 0 Å². The van der Waals surface area contributed by atoms with E-state index in [4.69, 9.17) is 20.4 Å². The fraction of sp³-hybridized carbons (Fsp3) is 0.333. The number of nitrogens with one attached hydrogen (secondary N) is 2. The molecule has 0 fully saturated rings. The molecule has 0 spiro atoms. The molecule has 0 heterocycles. The molecule has 6 nitrogen and oxygen atoms in total. The maximum atomic E-state index is 8.35. The van der Waals surface area contributed by atoms with Crippen LogP contribution in [0.1, 0.15) is 0 Å². The highest BCUT2D eigenvalue weighted by Crippen LogP contribution is 0.872. The van der Waals surface area contributed by atoms with Crippen LogP contribution in [-0.2, 0) is 9.59 Å². The second-order valence-electron chi connectivity index (χ2n) is 0.440. The first-order chi connectivity index (χ1) is 4.24. The normalized spacial score (nSPS) is 3.78. The van der Waals surface area contributed by atoms with Gasteiger partial charge >= 0.3 is 0 Å². The molecule has 6 N–H and O–H groups in total. The molecular formula is C3H8N4O2. The summed E-state index contributed by atoms with van der Waals surface area (Å²) in [4.78, 5) is 16.7. The predicted octanol–water partition coefficient (Wildman–Crippen LogP) is -1.34. The molecule has 0 aromatic heterocycles. The van der Waals surface area contributed by atoms with Crippen molar-refractivity contribution in [2.45, 2.75) is 0 Å². The van der Waals surface area contributed by atoms with Gasteiger partial charge in [0.05, 0.1) is 0 Å². The number of hydrogen-bond acceptors (Lipinski definition) is 6. The molecule has 0 aliphatic carbocycles. The lowest BCUT2D eigenvalue weighted by atomic mass is 11.3. The van der Waals surface area contributed by atoms with Gasteiger partial charge in [-0.05, 0) is 0 Å². The number of rotatable bonds is 0. The number of carbonyl (C=O) groups excluding carboxylic acids is 2. The first-order valence-corrected chi connectivity index (χ1v) is 1.72. The van der Waals surface area contributed by atoms with Crippen molar-refractivity contribution in [3.8, 4) is 0 Å². The Bertz CT molecular complexity index is 78.0. The zero-order valence-electron chi connectivity index (χ0n) is 4.68. The van der Waals surface area contributed by atoms with E-state index in [0.29, 0.717) is 0 Å². The minimum absolute atomic E-state index is 0.250. The fourth-order valence-electron chi connectivity index (χ4n) is 0. The lowest BCUT2D eigenvalue weighted by molar-refractivity contribution is 0.562. The third-order valence-corrected chi connectivity index (χ3v) is 0. The molecule has 0 rings (SSSR count). The van der Waals surface area contributed by atoms with Crippen LogP contribution in [-0.4, -0.2) is 18.8 Å². The molecule has 0 saturated heterocycles. The molecule has 0 aromatic rings. The molecule has 9 heavy (non-hydrogen) atoms. The summed E-state index contributed by atoms with van der Waals surface area (Å²) < 4.78 is 0. The van der Waals surface area contributed by atoms with Crippen LogP contribution in [0.3, 0.4) is 0 Å². The molecule has 0 aliphatic rings. The third-order valence-electron chi connectivity index (χ3n) is 0. The summed E-state index contributed by atoms with van der Waals surface area (Å²) in [6.45, 7) is 0.250. The van der Waals surface area contributed by atoms with Gasteiger partial charge in [-0.3, -0.25) is 0 Å². The summed E-state index contributed by atoms with van der Waals surface area (Å²) >= 11 is 0. The van der Waals surface area contributed by atoms with Crippen molar-refractivity contribution in [2.75, 3.05) is 6.67 Å². The van der Waals surface area contributed by atoms with E-state index in [1.807, 2.05) is 0 Å².